The van der Waals surface area contributed by atoms with Crippen LogP contribution in [-0.2, 0) is 4.79 Å². The maximum atomic E-state index is 11.7. The number of carbonyl (C=O) groups is 1. The second-order valence-electron chi connectivity index (χ2n) is 5.13. The maximum Gasteiger partial charge on any atom is 0.223 e. The molecule has 1 aromatic heterocycles. The summed E-state index contributed by atoms with van der Waals surface area (Å²) in [6.45, 7) is 4.44. The zero-order chi connectivity index (χ0) is 13.4. The lowest BCUT2D eigenvalue weighted by Crippen LogP contribution is -2.51. The van der Waals surface area contributed by atoms with E-state index < -0.39 is 0 Å². The van der Waals surface area contributed by atoms with Gasteiger partial charge in [-0.2, -0.15) is 0 Å². The van der Waals surface area contributed by atoms with Crippen molar-refractivity contribution in [1.29, 1.82) is 0 Å². The monoisotopic (exact) mass is 261 g/mol. The molecule has 0 radical (unpaired) electrons. The van der Waals surface area contributed by atoms with Crippen LogP contribution in [0.3, 0.4) is 0 Å². The second kappa shape index (κ2) is 4.68. The van der Waals surface area contributed by atoms with Crippen molar-refractivity contribution in [1.82, 2.24) is 14.9 Å². The Labute approximate surface area is 112 Å². The van der Waals surface area contributed by atoms with Gasteiger partial charge in [0.25, 0.3) is 0 Å². The molecule has 3 heterocycles. The van der Waals surface area contributed by atoms with Gasteiger partial charge in [0.05, 0.1) is 0 Å². The lowest BCUT2D eigenvalue weighted by molar-refractivity contribution is -0.129. The number of piperazine rings is 1. The molecule has 2 saturated heterocycles. The van der Waals surface area contributed by atoms with Gasteiger partial charge in [-0.15, -0.1) is 0 Å². The smallest absolute Gasteiger partial charge is 0.223 e. The van der Waals surface area contributed by atoms with Gasteiger partial charge in [-0.1, -0.05) is 0 Å². The van der Waals surface area contributed by atoms with Crippen LogP contribution in [-0.4, -0.2) is 53.5 Å². The number of anilines is 2. The molecule has 0 spiro atoms. The summed E-state index contributed by atoms with van der Waals surface area (Å²) in [4.78, 5) is 24.8. The summed E-state index contributed by atoms with van der Waals surface area (Å²) in [5, 5.41) is 3.06. The first-order valence-corrected chi connectivity index (χ1v) is 6.75. The van der Waals surface area contributed by atoms with E-state index in [0.29, 0.717) is 18.4 Å². The minimum absolute atomic E-state index is 0.305. The van der Waals surface area contributed by atoms with Crippen LogP contribution in [0.1, 0.15) is 18.7 Å². The normalized spacial score (nSPS) is 22.6. The minimum Gasteiger partial charge on any atom is -0.373 e. The van der Waals surface area contributed by atoms with Crippen LogP contribution in [0.5, 0.6) is 0 Å². The topological polar surface area (TPSA) is 61.4 Å². The quantitative estimate of drug-likeness (QED) is 0.846. The Morgan fingerprint density at radius 1 is 1.37 bits per heavy atom. The minimum atomic E-state index is 0.305. The third-order valence-electron chi connectivity index (χ3n) is 3.90. The lowest BCUT2D eigenvalue weighted by Gasteiger charge is -2.38. The third kappa shape index (κ3) is 2.22. The Morgan fingerprint density at radius 3 is 3.00 bits per heavy atom. The van der Waals surface area contributed by atoms with Crippen LogP contribution < -0.4 is 10.2 Å². The summed E-state index contributed by atoms with van der Waals surface area (Å²) in [6.07, 6.45) is 1.67. The molecule has 1 unspecified atom stereocenters. The number of amides is 1. The van der Waals surface area contributed by atoms with Crippen molar-refractivity contribution < 1.29 is 4.79 Å². The lowest BCUT2D eigenvalue weighted by atomic mass is 10.1. The Balaban J connectivity index is 1.80. The molecule has 6 heteroatoms. The maximum absolute atomic E-state index is 11.7. The molecule has 6 nitrogen and oxygen atoms in total. The van der Waals surface area contributed by atoms with Crippen molar-refractivity contribution >= 4 is 17.5 Å². The van der Waals surface area contributed by atoms with E-state index in [-0.39, 0.29) is 0 Å². The molecule has 0 aliphatic carbocycles. The van der Waals surface area contributed by atoms with E-state index >= 15 is 0 Å². The van der Waals surface area contributed by atoms with Crippen molar-refractivity contribution in [2.75, 3.05) is 36.9 Å². The fraction of sp³-hybridized carbons (Fsp3) is 0.615. The van der Waals surface area contributed by atoms with E-state index in [1.165, 1.54) is 0 Å². The van der Waals surface area contributed by atoms with Crippen LogP contribution in [0.4, 0.5) is 11.6 Å². The highest BCUT2D eigenvalue weighted by Gasteiger charge is 2.35. The van der Waals surface area contributed by atoms with Gasteiger partial charge in [-0.25, -0.2) is 9.97 Å². The summed E-state index contributed by atoms with van der Waals surface area (Å²) in [6, 6.07) is 2.33. The molecule has 1 atom stereocenters. The second-order valence-corrected chi connectivity index (χ2v) is 5.13. The fourth-order valence-corrected chi connectivity index (χ4v) is 2.91. The standard InChI is InChI=1S/C13H19N5O/c1-9-15-11(14-2)7-12(16-9)17-5-6-18-10(8-17)3-4-13(18)19/h7,10H,3-6,8H2,1-2H3,(H,14,15,16). The molecule has 1 amide bonds. The largest absolute Gasteiger partial charge is 0.373 e. The summed E-state index contributed by atoms with van der Waals surface area (Å²) < 4.78 is 0. The van der Waals surface area contributed by atoms with E-state index in [9.17, 15) is 4.79 Å². The summed E-state index contributed by atoms with van der Waals surface area (Å²) in [7, 11) is 1.86. The van der Waals surface area contributed by atoms with Crippen molar-refractivity contribution in [3.63, 3.8) is 0 Å². The predicted octanol–water partition coefficient (Wildman–Crippen LogP) is 0.638. The van der Waals surface area contributed by atoms with Crippen LogP contribution in [0, 0.1) is 6.92 Å². The number of rotatable bonds is 2. The summed E-state index contributed by atoms with van der Waals surface area (Å²) in [5.74, 6) is 2.87. The first-order valence-electron chi connectivity index (χ1n) is 6.75. The van der Waals surface area contributed by atoms with Gasteiger partial charge in [0, 0.05) is 45.2 Å². The molecule has 19 heavy (non-hydrogen) atoms. The first-order chi connectivity index (χ1) is 9.17. The van der Waals surface area contributed by atoms with Gasteiger partial charge in [0.15, 0.2) is 0 Å². The number of aryl methyl sites for hydroxylation is 1. The SMILES string of the molecule is CNc1cc(N2CCN3C(=O)CCC3C2)nc(C)n1. The molecular formula is C13H19N5O. The number of hydrogen-bond donors (Lipinski definition) is 1. The van der Waals surface area contributed by atoms with E-state index in [0.717, 1.165) is 43.5 Å². The highest BCUT2D eigenvalue weighted by Crippen LogP contribution is 2.26. The number of aromatic nitrogens is 2. The van der Waals surface area contributed by atoms with Crippen molar-refractivity contribution in [2.45, 2.75) is 25.8 Å². The van der Waals surface area contributed by atoms with Crippen LogP contribution in [0.15, 0.2) is 6.07 Å². The molecule has 102 valence electrons. The van der Waals surface area contributed by atoms with Gasteiger partial charge < -0.3 is 15.1 Å². The van der Waals surface area contributed by atoms with Crippen molar-refractivity contribution in [3.8, 4) is 0 Å². The molecule has 0 aromatic carbocycles. The van der Waals surface area contributed by atoms with Gasteiger partial charge >= 0.3 is 0 Å². The van der Waals surface area contributed by atoms with Crippen molar-refractivity contribution in [2.24, 2.45) is 0 Å². The fourth-order valence-electron chi connectivity index (χ4n) is 2.91. The predicted molar refractivity (Wildman–Crippen MR) is 73.3 cm³/mol. The molecule has 0 bridgehead atoms. The van der Waals surface area contributed by atoms with Gasteiger partial charge in [-0.3, -0.25) is 4.79 Å². The number of fused-ring (bicyclic) bond motifs is 1. The molecule has 2 aliphatic rings. The zero-order valence-corrected chi connectivity index (χ0v) is 11.4. The highest BCUT2D eigenvalue weighted by atomic mass is 16.2. The number of carbonyl (C=O) groups excluding carboxylic acids is 1. The molecule has 2 fully saturated rings. The van der Waals surface area contributed by atoms with Crippen LogP contribution in [0.2, 0.25) is 0 Å². The van der Waals surface area contributed by atoms with Gasteiger partial charge in [0.2, 0.25) is 5.91 Å². The molecule has 1 N–H and O–H groups in total. The van der Waals surface area contributed by atoms with Gasteiger partial charge in [0.1, 0.15) is 17.5 Å². The first kappa shape index (κ1) is 12.2. The molecule has 0 saturated carbocycles. The van der Waals surface area contributed by atoms with E-state index in [4.69, 9.17) is 0 Å². The highest BCUT2D eigenvalue weighted by molar-refractivity contribution is 5.79. The van der Waals surface area contributed by atoms with E-state index in [1.54, 1.807) is 0 Å². The number of hydrogen-bond acceptors (Lipinski definition) is 5. The number of nitrogens with one attached hydrogen (secondary N) is 1. The van der Waals surface area contributed by atoms with E-state index in [2.05, 4.69) is 20.2 Å². The summed E-state index contributed by atoms with van der Waals surface area (Å²) in [5.41, 5.74) is 0. The zero-order valence-electron chi connectivity index (χ0n) is 11.4. The number of nitrogens with zero attached hydrogens (tertiary/aromatic N) is 4. The van der Waals surface area contributed by atoms with Crippen LogP contribution >= 0.6 is 0 Å². The summed E-state index contributed by atoms with van der Waals surface area (Å²) >= 11 is 0. The Hall–Kier alpha value is -1.85. The average Bonchev–Trinajstić information content (AvgIpc) is 2.79. The Morgan fingerprint density at radius 2 is 2.21 bits per heavy atom. The van der Waals surface area contributed by atoms with Gasteiger partial charge in [-0.05, 0) is 13.3 Å². The molecule has 3 rings (SSSR count). The molecule has 2 aliphatic heterocycles. The molecule has 1 aromatic rings. The third-order valence-corrected chi connectivity index (χ3v) is 3.90. The van der Waals surface area contributed by atoms with Crippen molar-refractivity contribution in [3.05, 3.63) is 11.9 Å². The van der Waals surface area contributed by atoms with Crippen LogP contribution in [0.25, 0.3) is 0 Å². The molecular weight excluding hydrogens is 242 g/mol. The Bertz CT molecular complexity index is 504. The Kier molecular flexibility index (Phi) is 3.00. The van der Waals surface area contributed by atoms with E-state index in [1.807, 2.05) is 24.9 Å². The average molecular weight is 261 g/mol.